The van der Waals surface area contributed by atoms with Crippen LogP contribution in [0.3, 0.4) is 0 Å². The molecule has 152 valence electrons. The number of nitrogens with zero attached hydrogens (tertiary/aromatic N) is 3. The van der Waals surface area contributed by atoms with Gasteiger partial charge in [-0.15, -0.1) is 0 Å². The zero-order valence-corrected chi connectivity index (χ0v) is 18.4. The fraction of sp³-hybridized carbons (Fsp3) is 0.423. The van der Waals surface area contributed by atoms with Crippen molar-refractivity contribution in [2.45, 2.75) is 51.9 Å². The van der Waals surface area contributed by atoms with Crippen LogP contribution in [0.4, 0.5) is 0 Å². The van der Waals surface area contributed by atoms with Gasteiger partial charge in [-0.2, -0.15) is 0 Å². The van der Waals surface area contributed by atoms with Crippen LogP contribution < -0.4 is 0 Å². The Morgan fingerprint density at radius 1 is 0.966 bits per heavy atom. The maximum Gasteiger partial charge on any atom is 0.144 e. The van der Waals surface area contributed by atoms with Crippen molar-refractivity contribution in [2.24, 2.45) is 0 Å². The third-order valence-electron chi connectivity index (χ3n) is 6.21. The van der Waals surface area contributed by atoms with E-state index in [0.717, 1.165) is 17.9 Å². The summed E-state index contributed by atoms with van der Waals surface area (Å²) in [4.78, 5) is 7.18. The fourth-order valence-corrected chi connectivity index (χ4v) is 4.59. The number of aromatic nitrogens is 2. The molecule has 0 aliphatic carbocycles. The standard InChI is InChI=1S/C26H33N3/c1-18(2)23-15-22(21-11-13-28(5)17-21)16-24(19(3)4)25(23)29-14-12-27-26(29)20-9-7-6-8-10-20/h6-10,12,14-16,18-19,21H,11,13,17H2,1-5H3. The minimum Gasteiger partial charge on any atom is -0.306 e. The first-order valence-corrected chi connectivity index (χ1v) is 10.9. The van der Waals surface area contributed by atoms with E-state index >= 15 is 0 Å². The largest absolute Gasteiger partial charge is 0.306 e. The summed E-state index contributed by atoms with van der Waals surface area (Å²) in [5.41, 5.74) is 6.84. The molecule has 1 atom stereocenters. The van der Waals surface area contributed by atoms with Crippen LogP contribution in [-0.2, 0) is 0 Å². The molecule has 0 amide bonds. The zero-order chi connectivity index (χ0) is 20.5. The third kappa shape index (κ3) is 3.89. The summed E-state index contributed by atoms with van der Waals surface area (Å²) < 4.78 is 2.31. The molecule has 3 aromatic rings. The average Bonchev–Trinajstić information content (AvgIpc) is 3.36. The van der Waals surface area contributed by atoms with Gasteiger partial charge in [-0.25, -0.2) is 4.98 Å². The Morgan fingerprint density at radius 3 is 2.17 bits per heavy atom. The highest BCUT2D eigenvalue weighted by Gasteiger charge is 2.25. The number of benzene rings is 2. The highest BCUT2D eigenvalue weighted by atomic mass is 15.1. The summed E-state index contributed by atoms with van der Waals surface area (Å²) in [5.74, 6) is 2.56. The molecular formula is C26H33N3. The van der Waals surface area contributed by atoms with E-state index in [1.807, 2.05) is 6.20 Å². The van der Waals surface area contributed by atoms with Gasteiger partial charge in [0.05, 0.1) is 5.69 Å². The van der Waals surface area contributed by atoms with Crippen molar-refractivity contribution in [3.63, 3.8) is 0 Å². The predicted molar refractivity (Wildman–Crippen MR) is 122 cm³/mol. The number of hydrogen-bond acceptors (Lipinski definition) is 2. The summed E-state index contributed by atoms with van der Waals surface area (Å²) in [5, 5.41) is 0. The second-order valence-corrected chi connectivity index (χ2v) is 9.09. The van der Waals surface area contributed by atoms with Crippen molar-refractivity contribution >= 4 is 0 Å². The van der Waals surface area contributed by atoms with Crippen LogP contribution in [-0.4, -0.2) is 34.6 Å². The smallest absolute Gasteiger partial charge is 0.144 e. The van der Waals surface area contributed by atoms with Crippen molar-refractivity contribution < 1.29 is 0 Å². The molecule has 0 saturated carbocycles. The van der Waals surface area contributed by atoms with E-state index in [1.54, 1.807) is 0 Å². The van der Waals surface area contributed by atoms with Gasteiger partial charge in [0.25, 0.3) is 0 Å². The third-order valence-corrected chi connectivity index (χ3v) is 6.21. The summed E-state index contributed by atoms with van der Waals surface area (Å²) in [6, 6.07) is 15.5. The molecule has 3 heteroatoms. The molecular weight excluding hydrogens is 354 g/mol. The lowest BCUT2D eigenvalue weighted by Crippen LogP contribution is -2.14. The quantitative estimate of drug-likeness (QED) is 0.519. The van der Waals surface area contributed by atoms with E-state index in [1.165, 1.54) is 35.3 Å². The minimum absolute atomic E-state index is 0.451. The highest BCUT2D eigenvalue weighted by Crippen LogP contribution is 2.38. The molecule has 1 aromatic heterocycles. The van der Waals surface area contributed by atoms with E-state index < -0.39 is 0 Å². The molecule has 1 aliphatic heterocycles. The second kappa shape index (κ2) is 8.16. The maximum atomic E-state index is 4.73. The molecule has 0 radical (unpaired) electrons. The van der Waals surface area contributed by atoms with E-state index in [2.05, 4.69) is 92.9 Å². The van der Waals surface area contributed by atoms with Crippen LogP contribution in [0.2, 0.25) is 0 Å². The highest BCUT2D eigenvalue weighted by molar-refractivity contribution is 5.63. The van der Waals surface area contributed by atoms with Gasteiger partial charge in [0.1, 0.15) is 5.82 Å². The number of imidazole rings is 1. The summed E-state index contributed by atoms with van der Waals surface area (Å²) in [6.45, 7) is 11.6. The molecule has 2 aromatic carbocycles. The minimum atomic E-state index is 0.451. The SMILES string of the molecule is CC(C)c1cc(C2CCN(C)C2)cc(C(C)C)c1-n1ccnc1-c1ccccc1. The lowest BCUT2D eigenvalue weighted by molar-refractivity contribution is 0.411. The Morgan fingerprint density at radius 2 is 1.62 bits per heavy atom. The van der Waals surface area contributed by atoms with Crippen LogP contribution in [0.5, 0.6) is 0 Å². The van der Waals surface area contributed by atoms with Crippen LogP contribution in [0.25, 0.3) is 17.1 Å². The van der Waals surface area contributed by atoms with Crippen molar-refractivity contribution in [1.29, 1.82) is 0 Å². The van der Waals surface area contributed by atoms with Crippen molar-refractivity contribution in [2.75, 3.05) is 20.1 Å². The predicted octanol–water partition coefficient (Wildman–Crippen LogP) is 6.21. The van der Waals surface area contributed by atoms with Crippen LogP contribution in [0.15, 0.2) is 54.9 Å². The van der Waals surface area contributed by atoms with Crippen LogP contribution in [0.1, 0.15) is 68.6 Å². The van der Waals surface area contributed by atoms with E-state index in [0.29, 0.717) is 17.8 Å². The first-order valence-electron chi connectivity index (χ1n) is 10.9. The Kier molecular flexibility index (Phi) is 5.60. The average molecular weight is 388 g/mol. The maximum absolute atomic E-state index is 4.73. The second-order valence-electron chi connectivity index (χ2n) is 9.09. The number of likely N-dealkylation sites (tertiary alicyclic amines) is 1. The summed E-state index contributed by atoms with van der Waals surface area (Å²) >= 11 is 0. The lowest BCUT2D eigenvalue weighted by atomic mass is 9.86. The van der Waals surface area contributed by atoms with Gasteiger partial charge in [-0.3, -0.25) is 4.57 Å². The molecule has 4 rings (SSSR count). The molecule has 0 bridgehead atoms. The van der Waals surface area contributed by atoms with Crippen molar-refractivity contribution in [1.82, 2.24) is 14.5 Å². The lowest BCUT2D eigenvalue weighted by Gasteiger charge is -2.25. The van der Waals surface area contributed by atoms with Gasteiger partial charge in [-0.1, -0.05) is 70.2 Å². The molecule has 3 nitrogen and oxygen atoms in total. The fourth-order valence-electron chi connectivity index (χ4n) is 4.59. The van der Waals surface area contributed by atoms with Gasteiger partial charge in [-0.05, 0) is 54.5 Å². The first-order chi connectivity index (χ1) is 14.0. The Labute approximate surface area is 175 Å². The van der Waals surface area contributed by atoms with E-state index in [4.69, 9.17) is 4.98 Å². The van der Waals surface area contributed by atoms with Crippen molar-refractivity contribution in [3.05, 3.63) is 71.5 Å². The van der Waals surface area contributed by atoms with Gasteiger partial charge in [0.2, 0.25) is 0 Å². The molecule has 1 unspecified atom stereocenters. The van der Waals surface area contributed by atoms with E-state index in [-0.39, 0.29) is 0 Å². The summed E-state index contributed by atoms with van der Waals surface area (Å²) in [7, 11) is 2.23. The van der Waals surface area contributed by atoms with Gasteiger partial charge in [0.15, 0.2) is 0 Å². The first kappa shape index (κ1) is 19.9. The zero-order valence-electron chi connectivity index (χ0n) is 18.4. The van der Waals surface area contributed by atoms with Gasteiger partial charge in [0, 0.05) is 24.5 Å². The normalized spacial score (nSPS) is 17.6. The number of hydrogen-bond donors (Lipinski definition) is 0. The Balaban J connectivity index is 1.91. The van der Waals surface area contributed by atoms with Crippen molar-refractivity contribution in [3.8, 4) is 17.1 Å². The molecule has 0 spiro atoms. The molecule has 0 N–H and O–H groups in total. The van der Waals surface area contributed by atoms with Crippen LogP contribution in [0, 0.1) is 0 Å². The topological polar surface area (TPSA) is 21.1 Å². The van der Waals surface area contributed by atoms with Gasteiger partial charge >= 0.3 is 0 Å². The Hall–Kier alpha value is -2.39. The van der Waals surface area contributed by atoms with Gasteiger partial charge < -0.3 is 4.90 Å². The van der Waals surface area contributed by atoms with E-state index in [9.17, 15) is 0 Å². The molecule has 2 heterocycles. The molecule has 1 fully saturated rings. The molecule has 29 heavy (non-hydrogen) atoms. The molecule has 1 saturated heterocycles. The van der Waals surface area contributed by atoms with Crippen LogP contribution >= 0.6 is 0 Å². The number of likely N-dealkylation sites (N-methyl/N-ethyl adjacent to an activating group) is 1. The monoisotopic (exact) mass is 387 g/mol. The number of rotatable bonds is 5. The summed E-state index contributed by atoms with van der Waals surface area (Å²) in [6.07, 6.45) is 5.31. The molecule has 1 aliphatic rings. The Bertz CT molecular complexity index is 940.